The highest BCUT2D eigenvalue weighted by Gasteiger charge is 2.18. The first-order chi connectivity index (χ1) is 18.9. The van der Waals surface area contributed by atoms with Gasteiger partial charge in [0.25, 0.3) is 11.5 Å². The molecule has 9 nitrogen and oxygen atoms in total. The number of hydrogen-bond donors (Lipinski definition) is 2. The summed E-state index contributed by atoms with van der Waals surface area (Å²) in [6, 6.07) is 17.9. The van der Waals surface area contributed by atoms with E-state index in [1.165, 1.54) is 22.6 Å². The average Bonchev–Trinajstić information content (AvgIpc) is 2.96. The molecule has 2 aromatic carbocycles. The van der Waals surface area contributed by atoms with Gasteiger partial charge in [0, 0.05) is 19.3 Å². The highest BCUT2D eigenvalue weighted by molar-refractivity contribution is 5.96. The van der Waals surface area contributed by atoms with E-state index in [0.717, 1.165) is 5.56 Å². The van der Waals surface area contributed by atoms with Gasteiger partial charge in [-0.3, -0.25) is 19.4 Å². The summed E-state index contributed by atoms with van der Waals surface area (Å²) in [6.45, 7) is 0.413. The lowest BCUT2D eigenvalue weighted by molar-refractivity contribution is 0.0948. The van der Waals surface area contributed by atoms with Crippen LogP contribution in [0, 0.1) is 11.2 Å². The molecule has 5 rings (SSSR count). The molecule has 3 heterocycles. The van der Waals surface area contributed by atoms with Crippen molar-refractivity contribution in [3.63, 3.8) is 0 Å². The van der Waals surface area contributed by atoms with Crippen LogP contribution in [0.2, 0.25) is 0 Å². The van der Waals surface area contributed by atoms with Crippen LogP contribution >= 0.6 is 0 Å². The lowest BCUT2D eigenvalue weighted by Gasteiger charge is -2.15. The van der Waals surface area contributed by atoms with Crippen molar-refractivity contribution in [2.75, 3.05) is 14.2 Å². The fourth-order valence-corrected chi connectivity index (χ4v) is 4.43. The number of pyridine rings is 2. The molecule has 0 radical (unpaired) electrons. The minimum absolute atomic E-state index is 0.0340. The van der Waals surface area contributed by atoms with Crippen molar-refractivity contribution in [1.82, 2.24) is 19.3 Å². The van der Waals surface area contributed by atoms with Gasteiger partial charge >= 0.3 is 0 Å². The number of nitrogens with zero attached hydrogens (tertiary/aromatic N) is 3. The van der Waals surface area contributed by atoms with Gasteiger partial charge in [0.05, 0.1) is 25.2 Å². The molecule has 198 valence electrons. The second kappa shape index (κ2) is 10.8. The van der Waals surface area contributed by atoms with Gasteiger partial charge in [0.2, 0.25) is 0 Å². The van der Waals surface area contributed by atoms with E-state index in [1.807, 2.05) is 12.1 Å². The predicted molar refractivity (Wildman–Crippen MR) is 144 cm³/mol. The number of hydrogen-bond acceptors (Lipinski definition) is 6. The molecule has 0 aliphatic carbocycles. The number of methoxy groups -OCH3 is 2. The summed E-state index contributed by atoms with van der Waals surface area (Å²) in [5.74, 6) is 0.279. The molecule has 0 spiro atoms. The molecule has 0 unspecified atom stereocenters. The molecule has 0 saturated heterocycles. The molecule has 39 heavy (non-hydrogen) atoms. The highest BCUT2D eigenvalue weighted by Crippen LogP contribution is 2.28. The summed E-state index contributed by atoms with van der Waals surface area (Å²) in [6.07, 6.45) is 2.09. The molecular weight excluding hydrogens is 501 g/mol. The van der Waals surface area contributed by atoms with Crippen molar-refractivity contribution in [1.29, 1.82) is 5.41 Å². The van der Waals surface area contributed by atoms with Crippen LogP contribution in [0.15, 0.2) is 77.7 Å². The summed E-state index contributed by atoms with van der Waals surface area (Å²) in [4.78, 5) is 31.3. The first-order valence-electron chi connectivity index (χ1n) is 12.2. The minimum atomic E-state index is -0.524. The smallest absolute Gasteiger partial charge is 0.267 e. The van der Waals surface area contributed by atoms with Gasteiger partial charge in [-0.1, -0.05) is 24.3 Å². The van der Waals surface area contributed by atoms with E-state index in [9.17, 15) is 14.0 Å². The van der Waals surface area contributed by atoms with Gasteiger partial charge in [-0.15, -0.1) is 0 Å². The van der Waals surface area contributed by atoms with Crippen LogP contribution in [0.4, 0.5) is 4.39 Å². The molecule has 0 atom stereocenters. The van der Waals surface area contributed by atoms with Gasteiger partial charge in [-0.2, -0.15) is 0 Å². The molecule has 0 fully saturated rings. The fourth-order valence-electron chi connectivity index (χ4n) is 4.43. The van der Waals surface area contributed by atoms with Gasteiger partial charge in [-0.25, -0.2) is 9.37 Å². The van der Waals surface area contributed by atoms with E-state index >= 15 is 0 Å². The zero-order chi connectivity index (χ0) is 27.5. The maximum Gasteiger partial charge on any atom is 0.267 e. The lowest BCUT2D eigenvalue weighted by atomic mass is 10.1. The number of fused-ring (bicyclic) bond motifs is 2. The highest BCUT2D eigenvalue weighted by atomic mass is 19.1. The standard InChI is InChI=1S/C29H26FN5O4/c1-38-23-11-8-18(15-24(23)39-2)12-14-35-26(31)21(28(36)32-17-19-6-9-20(30)10-7-19)16-22-27(35)33-25-5-3-4-13-34(25)29(22)37/h3-11,13,15-16,31H,12,14,17H2,1-2H3,(H,32,36). The molecule has 0 saturated carbocycles. The van der Waals surface area contributed by atoms with Crippen molar-refractivity contribution in [2.45, 2.75) is 19.5 Å². The van der Waals surface area contributed by atoms with Crippen molar-refractivity contribution in [3.05, 3.63) is 111 Å². The molecule has 0 aliphatic heterocycles. The van der Waals surface area contributed by atoms with Crippen LogP contribution in [0.1, 0.15) is 21.5 Å². The van der Waals surface area contributed by atoms with Gasteiger partial charge in [-0.05, 0) is 60.0 Å². The number of benzene rings is 2. The SMILES string of the molecule is COc1ccc(CCn2c(=N)c(C(=O)NCc3ccc(F)cc3)cc3c(=O)n4ccccc4nc32)cc1OC. The second-order valence-electron chi connectivity index (χ2n) is 8.89. The summed E-state index contributed by atoms with van der Waals surface area (Å²) in [5, 5.41) is 11.9. The van der Waals surface area contributed by atoms with E-state index in [4.69, 9.17) is 14.9 Å². The molecular formula is C29H26FN5O4. The number of halogens is 1. The first kappa shape index (κ1) is 25.7. The van der Waals surface area contributed by atoms with Crippen molar-refractivity contribution >= 4 is 22.6 Å². The van der Waals surface area contributed by atoms with Crippen LogP contribution in [-0.4, -0.2) is 34.1 Å². The van der Waals surface area contributed by atoms with E-state index in [1.54, 1.807) is 61.4 Å². The zero-order valence-corrected chi connectivity index (χ0v) is 21.4. The van der Waals surface area contributed by atoms with Crippen LogP contribution in [0.3, 0.4) is 0 Å². The van der Waals surface area contributed by atoms with Crippen LogP contribution in [-0.2, 0) is 19.5 Å². The largest absolute Gasteiger partial charge is 0.493 e. The lowest BCUT2D eigenvalue weighted by Crippen LogP contribution is -2.35. The number of carbonyl (C=O) groups is 1. The van der Waals surface area contributed by atoms with Crippen molar-refractivity contribution < 1.29 is 18.7 Å². The normalized spacial score (nSPS) is 11.1. The molecule has 10 heteroatoms. The molecule has 0 bridgehead atoms. The Bertz CT molecular complexity index is 1810. The zero-order valence-electron chi connectivity index (χ0n) is 21.4. The van der Waals surface area contributed by atoms with E-state index in [-0.39, 0.29) is 40.9 Å². The Labute approximate surface area is 222 Å². The third kappa shape index (κ3) is 5.08. The van der Waals surface area contributed by atoms with Crippen LogP contribution in [0.25, 0.3) is 16.7 Å². The monoisotopic (exact) mass is 527 g/mol. The number of aromatic nitrogens is 3. The summed E-state index contributed by atoms with van der Waals surface area (Å²) < 4.78 is 27.0. The Hall–Kier alpha value is -4.99. The molecule has 1 amide bonds. The predicted octanol–water partition coefficient (Wildman–Crippen LogP) is 3.46. The topological polar surface area (TPSA) is 111 Å². The fraction of sp³-hybridized carbons (Fsp3) is 0.172. The van der Waals surface area contributed by atoms with Gasteiger partial charge < -0.3 is 19.4 Å². The number of carbonyl (C=O) groups excluding carboxylic acids is 1. The molecule has 3 aromatic heterocycles. The number of nitrogens with one attached hydrogen (secondary N) is 2. The first-order valence-corrected chi connectivity index (χ1v) is 12.2. The average molecular weight is 528 g/mol. The Morgan fingerprint density at radius 2 is 1.74 bits per heavy atom. The number of rotatable bonds is 8. The third-order valence-electron chi connectivity index (χ3n) is 6.50. The molecule has 5 aromatic rings. The Kier molecular flexibility index (Phi) is 7.09. The van der Waals surface area contributed by atoms with E-state index in [2.05, 4.69) is 10.3 Å². The molecule has 0 aliphatic rings. The quantitative estimate of drug-likeness (QED) is 0.300. The summed E-state index contributed by atoms with van der Waals surface area (Å²) in [5.41, 5.74) is 1.97. The Balaban J connectivity index is 1.57. The number of ether oxygens (including phenoxy) is 2. The van der Waals surface area contributed by atoms with Crippen LogP contribution in [0.5, 0.6) is 11.5 Å². The number of amides is 1. The van der Waals surface area contributed by atoms with Crippen molar-refractivity contribution in [2.24, 2.45) is 0 Å². The Morgan fingerprint density at radius 1 is 1.00 bits per heavy atom. The third-order valence-corrected chi connectivity index (χ3v) is 6.50. The maximum absolute atomic E-state index is 13.4. The minimum Gasteiger partial charge on any atom is -0.493 e. The summed E-state index contributed by atoms with van der Waals surface area (Å²) >= 11 is 0. The van der Waals surface area contributed by atoms with Gasteiger partial charge in [0.1, 0.15) is 22.6 Å². The van der Waals surface area contributed by atoms with Gasteiger partial charge in [0.15, 0.2) is 11.5 Å². The maximum atomic E-state index is 13.4. The van der Waals surface area contributed by atoms with E-state index < -0.39 is 5.91 Å². The van der Waals surface area contributed by atoms with Crippen LogP contribution < -0.4 is 25.8 Å². The summed E-state index contributed by atoms with van der Waals surface area (Å²) in [7, 11) is 3.12. The molecule has 2 N–H and O–H groups in total. The number of aryl methyl sites for hydroxylation is 2. The van der Waals surface area contributed by atoms with E-state index in [0.29, 0.717) is 34.8 Å². The van der Waals surface area contributed by atoms with Crippen molar-refractivity contribution in [3.8, 4) is 11.5 Å². The second-order valence-corrected chi connectivity index (χ2v) is 8.89. The Morgan fingerprint density at radius 3 is 2.49 bits per heavy atom.